The van der Waals surface area contributed by atoms with Crippen LogP contribution in [0.15, 0.2) is 104 Å². The van der Waals surface area contributed by atoms with Crippen molar-refractivity contribution >= 4 is 23.9 Å². The Hall–Kier alpha value is -5.94. The number of ether oxygens (including phenoxy) is 4. The number of hydrogen-bond donors (Lipinski definition) is 0. The van der Waals surface area contributed by atoms with E-state index in [9.17, 15) is 19.2 Å². The van der Waals surface area contributed by atoms with Crippen molar-refractivity contribution in [3.05, 3.63) is 121 Å². The van der Waals surface area contributed by atoms with Gasteiger partial charge in [-0.2, -0.15) is 0 Å². The Labute approximate surface area is 249 Å². The van der Waals surface area contributed by atoms with Crippen molar-refractivity contribution in [2.45, 2.75) is 20.8 Å². The van der Waals surface area contributed by atoms with Crippen molar-refractivity contribution in [3.8, 4) is 46.0 Å². The first-order chi connectivity index (χ1) is 20.4. The van der Waals surface area contributed by atoms with E-state index in [0.29, 0.717) is 28.0 Å². The predicted octanol–water partition coefficient (Wildman–Crippen LogP) is 6.21. The van der Waals surface area contributed by atoms with Crippen LogP contribution in [0.25, 0.3) is 11.1 Å². The minimum atomic E-state index is -0.706. The summed E-state index contributed by atoms with van der Waals surface area (Å²) in [5, 5.41) is 0. The Bertz CT molecular complexity index is 1710. The largest absolute Gasteiger partial charge is 0.423 e. The van der Waals surface area contributed by atoms with Gasteiger partial charge in [-0.15, -0.1) is 0 Å². The van der Waals surface area contributed by atoms with Crippen molar-refractivity contribution in [2.24, 2.45) is 0 Å². The molecule has 0 saturated carbocycles. The lowest BCUT2D eigenvalue weighted by Gasteiger charge is -2.19. The molecule has 8 nitrogen and oxygen atoms in total. The molecule has 0 atom stereocenters. The highest BCUT2D eigenvalue weighted by Gasteiger charge is 2.24. The number of esters is 4. The van der Waals surface area contributed by atoms with Gasteiger partial charge >= 0.3 is 23.9 Å². The van der Waals surface area contributed by atoms with Gasteiger partial charge in [0.15, 0.2) is 0 Å². The van der Waals surface area contributed by atoms with Crippen LogP contribution >= 0.6 is 0 Å². The maximum atomic E-state index is 12.7. The molecular formula is C35H28O8. The van der Waals surface area contributed by atoms with Gasteiger partial charge in [0.2, 0.25) is 0 Å². The minimum absolute atomic E-state index is 0.0509. The lowest BCUT2D eigenvalue weighted by atomic mass is 9.96. The fraction of sp³-hybridized carbons (Fsp3) is 0.0857. The Morgan fingerprint density at radius 3 is 1.67 bits per heavy atom. The van der Waals surface area contributed by atoms with Crippen LogP contribution < -0.4 is 18.9 Å². The zero-order chi connectivity index (χ0) is 31.7. The van der Waals surface area contributed by atoms with Gasteiger partial charge in [0.25, 0.3) is 0 Å². The van der Waals surface area contributed by atoms with Gasteiger partial charge in [-0.05, 0) is 68.8 Å². The van der Waals surface area contributed by atoms with Gasteiger partial charge in [0.05, 0.1) is 5.56 Å². The Balaban J connectivity index is 2.20. The second-order valence-electron chi connectivity index (χ2n) is 9.14. The van der Waals surface area contributed by atoms with Crippen LogP contribution in [0.4, 0.5) is 0 Å². The fourth-order valence-electron chi connectivity index (χ4n) is 3.46. The lowest BCUT2D eigenvalue weighted by Crippen LogP contribution is -2.13. The molecule has 3 rings (SSSR count). The van der Waals surface area contributed by atoms with Crippen LogP contribution in [-0.4, -0.2) is 23.9 Å². The summed E-state index contributed by atoms with van der Waals surface area (Å²) < 4.78 is 21.7. The van der Waals surface area contributed by atoms with Crippen LogP contribution in [0, 0.1) is 18.8 Å². The highest BCUT2D eigenvalue weighted by atomic mass is 16.6. The summed E-state index contributed by atoms with van der Waals surface area (Å²) in [5.41, 5.74) is 2.52. The summed E-state index contributed by atoms with van der Waals surface area (Å²) >= 11 is 0. The zero-order valence-corrected chi connectivity index (χ0v) is 23.9. The summed E-state index contributed by atoms with van der Waals surface area (Å²) in [6.45, 7) is 18.8. The topological polar surface area (TPSA) is 105 Å². The maximum absolute atomic E-state index is 12.7. The predicted molar refractivity (Wildman–Crippen MR) is 162 cm³/mol. The number of benzene rings is 3. The summed E-state index contributed by atoms with van der Waals surface area (Å²) in [4.78, 5) is 48.5. The average molecular weight is 577 g/mol. The van der Waals surface area contributed by atoms with E-state index in [1.807, 2.05) is 0 Å². The maximum Gasteiger partial charge on any atom is 0.338 e. The lowest BCUT2D eigenvalue weighted by molar-refractivity contribution is -0.130. The first-order valence-electron chi connectivity index (χ1n) is 12.8. The number of carbonyl (C=O) groups is 4. The molecule has 0 heterocycles. The molecule has 0 saturated heterocycles. The van der Waals surface area contributed by atoms with Crippen LogP contribution in [0.3, 0.4) is 0 Å². The monoisotopic (exact) mass is 576 g/mol. The third-order valence-corrected chi connectivity index (χ3v) is 5.70. The van der Waals surface area contributed by atoms with Gasteiger partial charge in [0, 0.05) is 40.0 Å². The molecular weight excluding hydrogens is 548 g/mol. The first kappa shape index (κ1) is 31.6. The van der Waals surface area contributed by atoms with Gasteiger partial charge < -0.3 is 18.9 Å². The third-order valence-electron chi connectivity index (χ3n) is 5.70. The highest BCUT2D eigenvalue weighted by Crippen LogP contribution is 2.43. The van der Waals surface area contributed by atoms with E-state index in [2.05, 4.69) is 38.2 Å². The van der Waals surface area contributed by atoms with E-state index in [1.165, 1.54) is 26.0 Å². The zero-order valence-electron chi connectivity index (χ0n) is 23.9. The van der Waals surface area contributed by atoms with Crippen LogP contribution in [0.2, 0.25) is 0 Å². The van der Waals surface area contributed by atoms with E-state index in [-0.39, 0.29) is 34.0 Å². The summed E-state index contributed by atoms with van der Waals surface area (Å²) in [6, 6.07) is 14.3. The standard InChI is InChI=1S/C35H28O8/c1-8-30(36)40-27-16-11-24(12-17-27)10-13-26-20-29(42-34(38)21(3)4)32(33(23(26)7)43-35(39)22(5)6)25-14-18-28(19-15-25)41-31(37)9-2/h8-9,11-12,14-20H,1-3,5H2,4,6-7H3. The average Bonchev–Trinajstić information content (AvgIpc) is 2.98. The second kappa shape index (κ2) is 14.1. The summed E-state index contributed by atoms with van der Waals surface area (Å²) in [7, 11) is 0. The molecule has 43 heavy (non-hydrogen) atoms. The minimum Gasteiger partial charge on any atom is -0.423 e. The van der Waals surface area contributed by atoms with E-state index >= 15 is 0 Å². The van der Waals surface area contributed by atoms with E-state index < -0.39 is 23.9 Å². The molecule has 0 aliphatic carbocycles. The molecule has 0 N–H and O–H groups in total. The number of carbonyl (C=O) groups excluding carboxylic acids is 4. The van der Waals surface area contributed by atoms with Crippen molar-refractivity contribution in [2.75, 3.05) is 0 Å². The quantitative estimate of drug-likeness (QED) is 0.128. The normalized spacial score (nSPS) is 9.84. The van der Waals surface area contributed by atoms with Crippen LogP contribution in [-0.2, 0) is 19.2 Å². The molecule has 0 aromatic heterocycles. The SMILES string of the molecule is C=CC(=O)Oc1ccc(C#Cc2cc(OC(=O)C(=C)C)c(-c3ccc(OC(=O)C=C)cc3)c(OC(=O)C(=C)C)c2C)cc1. The van der Waals surface area contributed by atoms with Crippen LogP contribution in [0.1, 0.15) is 30.5 Å². The summed E-state index contributed by atoms with van der Waals surface area (Å²) in [6.07, 6.45) is 2.09. The van der Waals surface area contributed by atoms with Gasteiger partial charge in [-0.1, -0.05) is 50.3 Å². The Kier molecular flexibility index (Phi) is 10.4. The molecule has 0 radical (unpaired) electrons. The molecule has 0 amide bonds. The molecule has 0 aliphatic rings. The highest BCUT2D eigenvalue weighted by molar-refractivity contribution is 5.94. The van der Waals surface area contributed by atoms with E-state index in [4.69, 9.17) is 18.9 Å². The number of hydrogen-bond acceptors (Lipinski definition) is 8. The van der Waals surface area contributed by atoms with E-state index in [1.54, 1.807) is 49.4 Å². The molecule has 0 aliphatic heterocycles. The van der Waals surface area contributed by atoms with Gasteiger partial charge in [-0.25, -0.2) is 19.2 Å². The van der Waals surface area contributed by atoms with E-state index in [0.717, 1.165) is 12.2 Å². The molecule has 216 valence electrons. The molecule has 0 unspecified atom stereocenters. The van der Waals surface area contributed by atoms with Crippen LogP contribution in [0.5, 0.6) is 23.0 Å². The molecule has 3 aromatic carbocycles. The Morgan fingerprint density at radius 1 is 0.698 bits per heavy atom. The van der Waals surface area contributed by atoms with Crippen molar-refractivity contribution in [1.29, 1.82) is 0 Å². The molecule has 8 heteroatoms. The summed E-state index contributed by atoms with van der Waals surface area (Å²) in [5.74, 6) is 4.13. The fourth-order valence-corrected chi connectivity index (χ4v) is 3.46. The third kappa shape index (κ3) is 8.28. The van der Waals surface area contributed by atoms with Crippen molar-refractivity contribution in [3.63, 3.8) is 0 Å². The first-order valence-corrected chi connectivity index (χ1v) is 12.8. The van der Waals surface area contributed by atoms with Crippen molar-refractivity contribution < 1.29 is 38.1 Å². The molecule has 0 spiro atoms. The molecule has 3 aromatic rings. The smallest absolute Gasteiger partial charge is 0.338 e. The number of rotatable bonds is 9. The van der Waals surface area contributed by atoms with Gasteiger partial charge in [0.1, 0.15) is 23.0 Å². The second-order valence-corrected chi connectivity index (χ2v) is 9.14. The van der Waals surface area contributed by atoms with Gasteiger partial charge in [-0.3, -0.25) is 0 Å². The van der Waals surface area contributed by atoms with Crippen molar-refractivity contribution in [1.82, 2.24) is 0 Å². The Morgan fingerprint density at radius 2 is 1.19 bits per heavy atom. The molecule has 0 bridgehead atoms. The molecule has 0 fully saturated rings.